The van der Waals surface area contributed by atoms with Crippen LogP contribution in [0.25, 0.3) is 0 Å². The second-order valence-corrected chi connectivity index (χ2v) is 4.02. The number of amides is 1. The number of furan rings is 1. The Morgan fingerprint density at radius 1 is 1.50 bits per heavy atom. The molecule has 1 heterocycles. The zero-order valence-electron chi connectivity index (χ0n) is 10.1. The normalized spacial score (nSPS) is 14.4. The Bertz CT molecular complexity index is 309. The largest absolute Gasteiger partial charge is 0.469 e. The summed E-state index contributed by atoms with van der Waals surface area (Å²) in [5.41, 5.74) is 0. The number of likely N-dealkylation sites (N-methyl/N-ethyl adjacent to an activating group) is 1. The van der Waals surface area contributed by atoms with Gasteiger partial charge in [0.1, 0.15) is 5.76 Å². The number of nitrogens with one attached hydrogen (secondary N) is 2. The van der Waals surface area contributed by atoms with Gasteiger partial charge >= 0.3 is 0 Å². The number of rotatable bonds is 6. The first-order valence-electron chi connectivity index (χ1n) is 5.63. The Hall–Kier alpha value is -1.29. The summed E-state index contributed by atoms with van der Waals surface area (Å²) in [6, 6.07) is 3.99. The minimum Gasteiger partial charge on any atom is -0.469 e. The first-order valence-corrected chi connectivity index (χ1v) is 5.63. The molecule has 1 unspecified atom stereocenters. The molecule has 1 aromatic heterocycles. The molecule has 0 radical (unpaired) electrons. The van der Waals surface area contributed by atoms with E-state index >= 15 is 0 Å². The molecule has 0 saturated carbocycles. The lowest BCUT2D eigenvalue weighted by molar-refractivity contribution is -0.122. The number of carbonyl (C=O) groups excluding carboxylic acids is 1. The lowest BCUT2D eigenvalue weighted by atomic mass is 10.1. The molecule has 0 aliphatic rings. The summed E-state index contributed by atoms with van der Waals surface area (Å²) in [5.74, 6) is 1.01. The number of hydrogen-bond donors (Lipinski definition) is 2. The highest BCUT2D eigenvalue weighted by Crippen LogP contribution is 2.06. The molecule has 0 saturated heterocycles. The first-order chi connectivity index (χ1) is 7.63. The van der Waals surface area contributed by atoms with Crippen LogP contribution in [0.1, 0.15) is 26.0 Å². The number of carbonyl (C=O) groups is 1. The molecule has 0 aliphatic carbocycles. The summed E-state index contributed by atoms with van der Waals surface area (Å²) in [7, 11) is 1.65. The van der Waals surface area contributed by atoms with Gasteiger partial charge in [-0.2, -0.15) is 0 Å². The van der Waals surface area contributed by atoms with E-state index in [1.54, 1.807) is 13.3 Å². The Kier molecular flexibility index (Phi) is 5.05. The summed E-state index contributed by atoms with van der Waals surface area (Å²) in [6.07, 6.45) is 3.52. The monoisotopic (exact) mass is 224 g/mol. The first kappa shape index (κ1) is 12.8. The van der Waals surface area contributed by atoms with Crippen molar-refractivity contribution in [2.75, 3.05) is 7.05 Å². The van der Waals surface area contributed by atoms with E-state index in [9.17, 15) is 4.79 Å². The van der Waals surface area contributed by atoms with E-state index in [4.69, 9.17) is 4.42 Å². The topological polar surface area (TPSA) is 54.3 Å². The molecule has 0 aliphatic heterocycles. The molecule has 2 atom stereocenters. The fraction of sp³-hybridized carbons (Fsp3) is 0.583. The highest BCUT2D eigenvalue weighted by atomic mass is 16.3. The van der Waals surface area contributed by atoms with Gasteiger partial charge in [-0.15, -0.1) is 0 Å². The minimum atomic E-state index is -0.156. The molecule has 0 fully saturated rings. The van der Waals surface area contributed by atoms with Gasteiger partial charge in [0.25, 0.3) is 0 Å². The van der Waals surface area contributed by atoms with E-state index in [0.29, 0.717) is 0 Å². The standard InChI is InChI=1S/C12H20N2O2/c1-9(14-10(2)12(15)13-3)6-7-11-5-4-8-16-11/h4-5,8-10,14H,6-7H2,1-3H3,(H,13,15)/t9?,10-/m1/s1. The van der Waals surface area contributed by atoms with Crippen molar-refractivity contribution < 1.29 is 9.21 Å². The van der Waals surface area contributed by atoms with E-state index in [0.717, 1.165) is 18.6 Å². The molecule has 0 spiro atoms. The smallest absolute Gasteiger partial charge is 0.236 e. The van der Waals surface area contributed by atoms with Crippen LogP contribution in [-0.2, 0) is 11.2 Å². The summed E-state index contributed by atoms with van der Waals surface area (Å²) >= 11 is 0. The maximum atomic E-state index is 11.3. The van der Waals surface area contributed by atoms with Crippen molar-refractivity contribution >= 4 is 5.91 Å². The number of aryl methyl sites for hydroxylation is 1. The van der Waals surface area contributed by atoms with Crippen LogP contribution in [0.2, 0.25) is 0 Å². The molecule has 1 aromatic rings. The molecule has 16 heavy (non-hydrogen) atoms. The quantitative estimate of drug-likeness (QED) is 0.766. The van der Waals surface area contributed by atoms with Crippen LogP contribution < -0.4 is 10.6 Å². The van der Waals surface area contributed by atoms with Crippen LogP contribution in [0.3, 0.4) is 0 Å². The lowest BCUT2D eigenvalue weighted by Gasteiger charge is -2.18. The molecule has 2 N–H and O–H groups in total. The van der Waals surface area contributed by atoms with Crippen molar-refractivity contribution in [3.63, 3.8) is 0 Å². The average molecular weight is 224 g/mol. The van der Waals surface area contributed by atoms with Crippen LogP contribution in [0, 0.1) is 0 Å². The van der Waals surface area contributed by atoms with Gasteiger partial charge in [0, 0.05) is 19.5 Å². The van der Waals surface area contributed by atoms with Gasteiger partial charge in [0.15, 0.2) is 0 Å². The second kappa shape index (κ2) is 6.33. The molecule has 0 aromatic carbocycles. The average Bonchev–Trinajstić information content (AvgIpc) is 2.78. The van der Waals surface area contributed by atoms with E-state index in [1.165, 1.54) is 0 Å². The minimum absolute atomic E-state index is 0.0184. The third-order valence-corrected chi connectivity index (χ3v) is 2.58. The van der Waals surface area contributed by atoms with Crippen LogP contribution >= 0.6 is 0 Å². The van der Waals surface area contributed by atoms with Gasteiger partial charge in [0.05, 0.1) is 12.3 Å². The molecule has 1 amide bonds. The van der Waals surface area contributed by atoms with E-state index < -0.39 is 0 Å². The van der Waals surface area contributed by atoms with Crippen molar-refractivity contribution in [3.8, 4) is 0 Å². The van der Waals surface area contributed by atoms with E-state index in [-0.39, 0.29) is 18.0 Å². The van der Waals surface area contributed by atoms with E-state index in [2.05, 4.69) is 17.6 Å². The highest BCUT2D eigenvalue weighted by molar-refractivity contribution is 5.80. The van der Waals surface area contributed by atoms with Crippen LogP contribution in [0.15, 0.2) is 22.8 Å². The third kappa shape index (κ3) is 4.06. The Balaban J connectivity index is 2.25. The maximum Gasteiger partial charge on any atom is 0.236 e. The van der Waals surface area contributed by atoms with Crippen molar-refractivity contribution in [1.82, 2.24) is 10.6 Å². The molecule has 4 heteroatoms. The zero-order chi connectivity index (χ0) is 12.0. The Labute approximate surface area is 96.4 Å². The molecular formula is C12H20N2O2. The Morgan fingerprint density at radius 3 is 2.81 bits per heavy atom. The van der Waals surface area contributed by atoms with Gasteiger partial charge in [-0.05, 0) is 32.4 Å². The van der Waals surface area contributed by atoms with E-state index in [1.807, 2.05) is 19.1 Å². The van der Waals surface area contributed by atoms with Crippen molar-refractivity contribution in [3.05, 3.63) is 24.2 Å². The van der Waals surface area contributed by atoms with Gasteiger partial charge in [-0.3, -0.25) is 4.79 Å². The molecule has 90 valence electrons. The summed E-state index contributed by atoms with van der Waals surface area (Å²) < 4.78 is 5.25. The third-order valence-electron chi connectivity index (χ3n) is 2.58. The van der Waals surface area contributed by atoms with Crippen molar-refractivity contribution in [2.45, 2.75) is 38.8 Å². The fourth-order valence-corrected chi connectivity index (χ4v) is 1.62. The summed E-state index contributed by atoms with van der Waals surface area (Å²) in [6.45, 7) is 3.94. The van der Waals surface area contributed by atoms with Crippen LogP contribution in [-0.4, -0.2) is 25.0 Å². The van der Waals surface area contributed by atoms with Crippen molar-refractivity contribution in [1.29, 1.82) is 0 Å². The Morgan fingerprint density at radius 2 is 2.25 bits per heavy atom. The molecule has 4 nitrogen and oxygen atoms in total. The van der Waals surface area contributed by atoms with Crippen LogP contribution in [0.5, 0.6) is 0 Å². The highest BCUT2D eigenvalue weighted by Gasteiger charge is 2.13. The summed E-state index contributed by atoms with van der Waals surface area (Å²) in [5, 5.41) is 5.86. The van der Waals surface area contributed by atoms with Gasteiger partial charge in [-0.25, -0.2) is 0 Å². The predicted molar refractivity (Wildman–Crippen MR) is 63.2 cm³/mol. The zero-order valence-corrected chi connectivity index (χ0v) is 10.1. The van der Waals surface area contributed by atoms with Crippen LogP contribution in [0.4, 0.5) is 0 Å². The van der Waals surface area contributed by atoms with Gasteiger partial charge in [-0.1, -0.05) is 0 Å². The molecular weight excluding hydrogens is 204 g/mol. The number of hydrogen-bond acceptors (Lipinski definition) is 3. The summed E-state index contributed by atoms with van der Waals surface area (Å²) in [4.78, 5) is 11.3. The molecule has 0 bridgehead atoms. The van der Waals surface area contributed by atoms with Gasteiger partial charge in [0.2, 0.25) is 5.91 Å². The maximum absolute atomic E-state index is 11.3. The fourth-order valence-electron chi connectivity index (χ4n) is 1.62. The second-order valence-electron chi connectivity index (χ2n) is 4.02. The predicted octanol–water partition coefficient (Wildman–Crippen LogP) is 1.32. The lowest BCUT2D eigenvalue weighted by Crippen LogP contribution is -2.44. The SMILES string of the molecule is CNC(=O)[C@@H](C)NC(C)CCc1ccco1. The van der Waals surface area contributed by atoms with Crippen molar-refractivity contribution in [2.24, 2.45) is 0 Å². The van der Waals surface area contributed by atoms with Gasteiger partial charge < -0.3 is 15.1 Å². The molecule has 1 rings (SSSR count).